The van der Waals surface area contributed by atoms with E-state index in [4.69, 9.17) is 28.9 Å². The molecule has 0 aliphatic rings. The fourth-order valence-corrected chi connectivity index (χ4v) is 1.82. The molecule has 0 spiro atoms. The van der Waals surface area contributed by atoms with Gasteiger partial charge in [-0.2, -0.15) is 0 Å². The molecule has 84 valence electrons. The minimum atomic E-state index is 0.457. The highest BCUT2D eigenvalue weighted by molar-refractivity contribution is 6.38. The number of hydrogen-bond donors (Lipinski definition) is 2. The van der Waals surface area contributed by atoms with Crippen LogP contribution in [0.25, 0.3) is 0 Å². The second kappa shape index (κ2) is 5.59. The van der Waals surface area contributed by atoms with Crippen molar-refractivity contribution in [2.24, 2.45) is 0 Å². The van der Waals surface area contributed by atoms with Gasteiger partial charge in [-0.15, -0.1) is 0 Å². The van der Waals surface area contributed by atoms with Gasteiger partial charge in [-0.05, 0) is 30.7 Å². The van der Waals surface area contributed by atoms with Crippen molar-refractivity contribution in [1.29, 1.82) is 0 Å². The molecular weight excluding hydrogens is 231 g/mol. The van der Waals surface area contributed by atoms with Gasteiger partial charge < -0.3 is 11.1 Å². The summed E-state index contributed by atoms with van der Waals surface area (Å²) in [4.78, 5) is 0. The molecule has 0 radical (unpaired) electrons. The van der Waals surface area contributed by atoms with E-state index in [0.717, 1.165) is 18.5 Å². The van der Waals surface area contributed by atoms with E-state index >= 15 is 0 Å². The smallest absolute Gasteiger partial charge is 0.0693 e. The average Bonchev–Trinajstić information content (AvgIpc) is 2.13. The summed E-state index contributed by atoms with van der Waals surface area (Å²) >= 11 is 11.9. The molecule has 0 aromatic heterocycles. The molecule has 1 rings (SSSR count). The molecule has 0 amide bonds. The standard InChI is InChI=1S/C11H16Cl2N2/c1-7(2)15-4-3-8-5-9(12)11(14)10(13)6-8/h5-7,15H,3-4,14H2,1-2H3. The van der Waals surface area contributed by atoms with Gasteiger partial charge in [-0.3, -0.25) is 0 Å². The number of rotatable bonds is 4. The summed E-state index contributed by atoms with van der Waals surface area (Å²) in [5.41, 5.74) is 7.21. The third-order valence-corrected chi connectivity index (χ3v) is 2.73. The number of hydrogen-bond acceptors (Lipinski definition) is 2. The molecule has 0 aliphatic heterocycles. The molecule has 4 heteroatoms. The number of nitrogens with one attached hydrogen (secondary N) is 1. The first-order chi connectivity index (χ1) is 7.00. The van der Waals surface area contributed by atoms with Crippen LogP contribution in [0.5, 0.6) is 0 Å². The number of benzene rings is 1. The highest BCUT2D eigenvalue weighted by Crippen LogP contribution is 2.28. The van der Waals surface area contributed by atoms with Crippen LogP contribution < -0.4 is 11.1 Å². The molecule has 0 saturated heterocycles. The van der Waals surface area contributed by atoms with Crippen molar-refractivity contribution in [2.45, 2.75) is 26.3 Å². The zero-order valence-electron chi connectivity index (χ0n) is 8.98. The van der Waals surface area contributed by atoms with Crippen LogP contribution in [-0.2, 0) is 6.42 Å². The highest BCUT2D eigenvalue weighted by atomic mass is 35.5. The summed E-state index contributed by atoms with van der Waals surface area (Å²) in [6.07, 6.45) is 0.901. The zero-order valence-corrected chi connectivity index (χ0v) is 10.5. The van der Waals surface area contributed by atoms with Crippen LogP contribution in [-0.4, -0.2) is 12.6 Å². The molecule has 2 nitrogen and oxygen atoms in total. The lowest BCUT2D eigenvalue weighted by atomic mass is 10.1. The fourth-order valence-electron chi connectivity index (χ4n) is 1.29. The third kappa shape index (κ3) is 3.90. The third-order valence-electron chi connectivity index (χ3n) is 2.11. The maximum atomic E-state index is 5.93. The summed E-state index contributed by atoms with van der Waals surface area (Å²) in [6, 6.07) is 4.22. The van der Waals surface area contributed by atoms with Crippen molar-refractivity contribution >= 4 is 28.9 Å². The second-order valence-corrected chi connectivity index (χ2v) is 4.65. The summed E-state index contributed by atoms with van der Waals surface area (Å²) < 4.78 is 0. The van der Waals surface area contributed by atoms with Gasteiger partial charge in [0, 0.05) is 6.04 Å². The Bertz CT molecular complexity index is 314. The minimum absolute atomic E-state index is 0.457. The van der Waals surface area contributed by atoms with Crippen LogP contribution >= 0.6 is 23.2 Å². The van der Waals surface area contributed by atoms with Crippen LogP contribution in [0.2, 0.25) is 10.0 Å². The topological polar surface area (TPSA) is 38.0 Å². The van der Waals surface area contributed by atoms with Crippen molar-refractivity contribution in [3.05, 3.63) is 27.7 Å². The first-order valence-electron chi connectivity index (χ1n) is 4.97. The quantitative estimate of drug-likeness (QED) is 0.802. The minimum Gasteiger partial charge on any atom is -0.396 e. The average molecular weight is 247 g/mol. The van der Waals surface area contributed by atoms with Gasteiger partial charge in [0.15, 0.2) is 0 Å². The highest BCUT2D eigenvalue weighted by Gasteiger charge is 2.04. The summed E-state index contributed by atoms with van der Waals surface area (Å²) in [5.74, 6) is 0. The lowest BCUT2D eigenvalue weighted by molar-refractivity contribution is 0.590. The van der Waals surface area contributed by atoms with Crippen molar-refractivity contribution in [3.63, 3.8) is 0 Å². The fraction of sp³-hybridized carbons (Fsp3) is 0.455. The molecule has 15 heavy (non-hydrogen) atoms. The molecule has 3 N–H and O–H groups in total. The van der Waals surface area contributed by atoms with Crippen molar-refractivity contribution < 1.29 is 0 Å². The van der Waals surface area contributed by atoms with E-state index in [1.165, 1.54) is 0 Å². The van der Waals surface area contributed by atoms with Gasteiger partial charge in [0.1, 0.15) is 0 Å². The molecule has 0 aliphatic carbocycles. The van der Waals surface area contributed by atoms with Crippen LogP contribution in [0.1, 0.15) is 19.4 Å². The second-order valence-electron chi connectivity index (χ2n) is 3.83. The Kier molecular flexibility index (Phi) is 4.71. The molecule has 0 saturated carbocycles. The SMILES string of the molecule is CC(C)NCCc1cc(Cl)c(N)c(Cl)c1. The van der Waals surface area contributed by atoms with Gasteiger partial charge in [-0.1, -0.05) is 37.0 Å². The molecule has 0 atom stereocenters. The normalized spacial score (nSPS) is 11.0. The van der Waals surface area contributed by atoms with E-state index in [-0.39, 0.29) is 0 Å². The number of nitrogens with two attached hydrogens (primary N) is 1. The summed E-state index contributed by atoms with van der Waals surface area (Å²) in [7, 11) is 0. The number of anilines is 1. The van der Waals surface area contributed by atoms with Gasteiger partial charge in [0.05, 0.1) is 15.7 Å². The largest absolute Gasteiger partial charge is 0.396 e. The maximum Gasteiger partial charge on any atom is 0.0693 e. The van der Waals surface area contributed by atoms with E-state index in [2.05, 4.69) is 19.2 Å². The first kappa shape index (κ1) is 12.6. The summed E-state index contributed by atoms with van der Waals surface area (Å²) in [6.45, 7) is 5.14. The Morgan fingerprint density at radius 3 is 2.27 bits per heavy atom. The Morgan fingerprint density at radius 2 is 1.80 bits per heavy atom. The van der Waals surface area contributed by atoms with Gasteiger partial charge in [0.25, 0.3) is 0 Å². The van der Waals surface area contributed by atoms with Gasteiger partial charge >= 0.3 is 0 Å². The van der Waals surface area contributed by atoms with Gasteiger partial charge in [-0.25, -0.2) is 0 Å². The zero-order chi connectivity index (χ0) is 11.4. The molecule has 0 bridgehead atoms. The van der Waals surface area contributed by atoms with Gasteiger partial charge in [0.2, 0.25) is 0 Å². The van der Waals surface area contributed by atoms with Crippen LogP contribution in [0, 0.1) is 0 Å². The molecule has 0 fully saturated rings. The van der Waals surface area contributed by atoms with E-state index in [1.807, 2.05) is 12.1 Å². The molecule has 1 aromatic carbocycles. The maximum absolute atomic E-state index is 5.93. The molecular formula is C11H16Cl2N2. The van der Waals surface area contributed by atoms with Crippen LogP contribution in [0.3, 0.4) is 0 Å². The summed E-state index contributed by atoms with van der Waals surface area (Å²) in [5, 5.41) is 4.39. The monoisotopic (exact) mass is 246 g/mol. The number of halogens is 2. The van der Waals surface area contributed by atoms with E-state index < -0.39 is 0 Å². The number of nitrogen functional groups attached to an aromatic ring is 1. The van der Waals surface area contributed by atoms with Crippen LogP contribution in [0.15, 0.2) is 12.1 Å². The van der Waals surface area contributed by atoms with E-state index in [9.17, 15) is 0 Å². The molecule has 0 heterocycles. The Hall–Kier alpha value is -0.440. The van der Waals surface area contributed by atoms with Crippen molar-refractivity contribution in [2.75, 3.05) is 12.3 Å². The van der Waals surface area contributed by atoms with Crippen LogP contribution in [0.4, 0.5) is 5.69 Å². The lowest BCUT2D eigenvalue weighted by Gasteiger charge is -2.09. The Balaban J connectivity index is 2.63. The Morgan fingerprint density at radius 1 is 1.27 bits per heavy atom. The predicted molar refractivity (Wildman–Crippen MR) is 67.7 cm³/mol. The first-order valence-corrected chi connectivity index (χ1v) is 5.73. The lowest BCUT2D eigenvalue weighted by Crippen LogP contribution is -2.24. The predicted octanol–water partition coefficient (Wildman–Crippen LogP) is 3.12. The molecule has 1 aromatic rings. The molecule has 0 unspecified atom stereocenters. The van der Waals surface area contributed by atoms with E-state index in [0.29, 0.717) is 21.8 Å². The van der Waals surface area contributed by atoms with Crippen molar-refractivity contribution in [3.8, 4) is 0 Å². The van der Waals surface area contributed by atoms with E-state index in [1.54, 1.807) is 0 Å². The Labute approximate surface area is 101 Å². The van der Waals surface area contributed by atoms with Crippen molar-refractivity contribution in [1.82, 2.24) is 5.32 Å².